The molecule has 34 heavy (non-hydrogen) atoms. The fraction of sp³-hybridized carbons (Fsp3) is 0.120. The summed E-state index contributed by atoms with van der Waals surface area (Å²) in [6, 6.07) is 19.6. The molecule has 2 N–H and O–H groups in total. The molecule has 172 valence electrons. The molecule has 0 saturated heterocycles. The highest BCUT2D eigenvalue weighted by Gasteiger charge is 2.12. The molecule has 0 aliphatic heterocycles. The van der Waals surface area contributed by atoms with Crippen LogP contribution in [0.25, 0.3) is 33.4 Å². The molecule has 0 unspecified atom stereocenters. The van der Waals surface area contributed by atoms with Gasteiger partial charge in [0.1, 0.15) is 11.5 Å². The molecule has 0 fully saturated rings. The average Bonchev–Trinajstić information content (AvgIpc) is 2.85. The minimum absolute atomic E-state index is 0.135. The summed E-state index contributed by atoms with van der Waals surface area (Å²) in [6.45, 7) is -0.954. The minimum atomic E-state index is -1.11. The van der Waals surface area contributed by atoms with Gasteiger partial charge in [-0.2, -0.15) is 4.98 Å². The number of aliphatic carboxylic acids is 2. The molecular weight excluding hydrogens is 440 g/mol. The molecule has 9 heteroatoms. The third-order valence-electron chi connectivity index (χ3n) is 4.86. The van der Waals surface area contributed by atoms with Crippen LogP contribution in [0.4, 0.5) is 0 Å². The highest BCUT2D eigenvalue weighted by atomic mass is 16.5. The zero-order valence-electron chi connectivity index (χ0n) is 18.1. The van der Waals surface area contributed by atoms with E-state index >= 15 is 0 Å². The highest BCUT2D eigenvalue weighted by Crippen LogP contribution is 2.29. The van der Waals surface area contributed by atoms with Gasteiger partial charge in [-0.1, -0.05) is 18.2 Å². The summed E-state index contributed by atoms with van der Waals surface area (Å²) >= 11 is 0. The number of fused-ring (bicyclic) bond motifs is 1. The van der Waals surface area contributed by atoms with Crippen molar-refractivity contribution < 1.29 is 34.0 Å². The lowest BCUT2D eigenvalue weighted by atomic mass is 10.1. The molecule has 0 amide bonds. The monoisotopic (exact) mass is 460 g/mol. The van der Waals surface area contributed by atoms with Crippen LogP contribution >= 0.6 is 0 Å². The second-order valence-electron chi connectivity index (χ2n) is 7.23. The fourth-order valence-electron chi connectivity index (χ4n) is 3.27. The number of carboxylic acid groups (broad SMARTS) is 2. The quantitative estimate of drug-likeness (QED) is 0.382. The Hall–Kier alpha value is -4.66. The molecule has 3 aromatic carbocycles. The van der Waals surface area contributed by atoms with Crippen molar-refractivity contribution in [1.29, 1.82) is 0 Å². The number of carboxylic acids is 2. The van der Waals surface area contributed by atoms with Gasteiger partial charge in [-0.25, -0.2) is 14.6 Å². The maximum absolute atomic E-state index is 11.0. The van der Waals surface area contributed by atoms with E-state index in [1.54, 1.807) is 37.4 Å². The van der Waals surface area contributed by atoms with Crippen LogP contribution in [0.1, 0.15) is 0 Å². The summed E-state index contributed by atoms with van der Waals surface area (Å²) in [5.41, 5.74) is 2.04. The van der Waals surface area contributed by atoms with Crippen LogP contribution in [0.3, 0.4) is 0 Å². The first kappa shape index (κ1) is 22.5. The fourth-order valence-corrected chi connectivity index (χ4v) is 3.27. The minimum Gasteiger partial charge on any atom is -0.497 e. The van der Waals surface area contributed by atoms with Crippen LogP contribution in [-0.4, -0.2) is 52.4 Å². The number of carbonyl (C=O) groups is 2. The van der Waals surface area contributed by atoms with Crippen LogP contribution in [0.2, 0.25) is 0 Å². The summed E-state index contributed by atoms with van der Waals surface area (Å²) in [5, 5.41) is 19.5. The van der Waals surface area contributed by atoms with Crippen molar-refractivity contribution in [2.45, 2.75) is 0 Å². The lowest BCUT2D eigenvalue weighted by Crippen LogP contribution is -2.11. The third kappa shape index (κ3) is 5.39. The van der Waals surface area contributed by atoms with E-state index in [1.165, 1.54) is 0 Å². The average molecular weight is 460 g/mol. The van der Waals surface area contributed by atoms with Crippen LogP contribution in [-0.2, 0) is 9.59 Å². The van der Waals surface area contributed by atoms with Gasteiger partial charge >= 0.3 is 11.9 Å². The van der Waals surface area contributed by atoms with Gasteiger partial charge in [0.15, 0.2) is 19.0 Å². The first-order chi connectivity index (χ1) is 16.4. The molecule has 0 atom stereocenters. The zero-order chi connectivity index (χ0) is 24.1. The summed E-state index contributed by atoms with van der Waals surface area (Å²) in [7, 11) is 1.58. The van der Waals surface area contributed by atoms with E-state index in [9.17, 15) is 9.59 Å². The van der Waals surface area contributed by atoms with Crippen LogP contribution < -0.4 is 14.2 Å². The van der Waals surface area contributed by atoms with Crippen molar-refractivity contribution in [1.82, 2.24) is 9.97 Å². The topological polar surface area (TPSA) is 128 Å². The maximum atomic E-state index is 11.0. The summed E-state index contributed by atoms with van der Waals surface area (Å²) in [6.07, 6.45) is 0. The molecule has 0 aliphatic rings. The molecule has 4 rings (SSSR count). The molecule has 9 nitrogen and oxygen atoms in total. The molecule has 4 aromatic rings. The van der Waals surface area contributed by atoms with Gasteiger partial charge < -0.3 is 24.4 Å². The van der Waals surface area contributed by atoms with Crippen LogP contribution in [0, 0.1) is 0 Å². The van der Waals surface area contributed by atoms with E-state index in [0.29, 0.717) is 28.6 Å². The number of aromatic nitrogens is 2. The normalized spacial score (nSPS) is 10.6. The van der Waals surface area contributed by atoms with Crippen molar-refractivity contribution in [3.05, 3.63) is 66.7 Å². The zero-order valence-corrected chi connectivity index (χ0v) is 18.1. The highest BCUT2D eigenvalue weighted by molar-refractivity contribution is 5.88. The molecule has 0 aliphatic carbocycles. The van der Waals surface area contributed by atoms with Gasteiger partial charge in [-0.3, -0.25) is 0 Å². The van der Waals surface area contributed by atoms with E-state index in [2.05, 4.69) is 9.97 Å². The summed E-state index contributed by atoms with van der Waals surface area (Å²) in [4.78, 5) is 30.8. The molecule has 0 radical (unpaired) electrons. The Bertz CT molecular complexity index is 1350. The molecule has 0 spiro atoms. The maximum Gasteiger partial charge on any atom is 0.341 e. The van der Waals surface area contributed by atoms with Crippen molar-refractivity contribution in [2.75, 3.05) is 20.3 Å². The first-order valence-electron chi connectivity index (χ1n) is 10.2. The lowest BCUT2D eigenvalue weighted by molar-refractivity contribution is -0.140. The number of methoxy groups -OCH3 is 1. The van der Waals surface area contributed by atoms with E-state index in [1.807, 2.05) is 36.4 Å². The Morgan fingerprint density at radius 3 is 2.06 bits per heavy atom. The predicted octanol–water partition coefficient (Wildman–Crippen LogP) is 3.90. The Kier molecular flexibility index (Phi) is 6.54. The van der Waals surface area contributed by atoms with Crippen molar-refractivity contribution in [2.24, 2.45) is 0 Å². The van der Waals surface area contributed by atoms with Crippen molar-refractivity contribution in [3.8, 4) is 40.0 Å². The number of rotatable bonds is 9. The van der Waals surface area contributed by atoms with E-state index in [4.69, 9.17) is 24.4 Å². The van der Waals surface area contributed by atoms with E-state index in [0.717, 1.165) is 16.3 Å². The Balaban J connectivity index is 1.72. The molecule has 1 heterocycles. The second-order valence-corrected chi connectivity index (χ2v) is 7.23. The van der Waals surface area contributed by atoms with E-state index in [-0.39, 0.29) is 5.88 Å². The third-order valence-corrected chi connectivity index (χ3v) is 4.86. The first-order valence-corrected chi connectivity index (χ1v) is 10.2. The van der Waals surface area contributed by atoms with Crippen LogP contribution in [0.5, 0.6) is 17.4 Å². The summed E-state index contributed by atoms with van der Waals surface area (Å²) in [5.74, 6) is -0.521. The summed E-state index contributed by atoms with van der Waals surface area (Å²) < 4.78 is 15.8. The lowest BCUT2D eigenvalue weighted by Gasteiger charge is -2.10. The number of hydrogen-bond donors (Lipinski definition) is 2. The SMILES string of the molecule is COc1ccc(-c2cc(OCC(=O)O)nc(-c3ccc4cc(OCC(=O)O)ccc4c3)n2)cc1. The number of hydrogen-bond acceptors (Lipinski definition) is 7. The Morgan fingerprint density at radius 2 is 1.35 bits per heavy atom. The van der Waals surface area contributed by atoms with Crippen molar-refractivity contribution >= 4 is 22.7 Å². The van der Waals surface area contributed by atoms with Gasteiger partial charge in [0.05, 0.1) is 12.8 Å². The van der Waals surface area contributed by atoms with E-state index < -0.39 is 25.2 Å². The van der Waals surface area contributed by atoms with Gasteiger partial charge in [0, 0.05) is 17.2 Å². The van der Waals surface area contributed by atoms with Gasteiger partial charge in [0.2, 0.25) is 5.88 Å². The Morgan fingerprint density at radius 1 is 0.735 bits per heavy atom. The smallest absolute Gasteiger partial charge is 0.341 e. The standard InChI is InChI=1S/C25H20N2O7/c1-32-19-7-4-15(5-8-19)21-12-22(34-14-24(30)31)27-25(26-21)18-3-2-17-11-20(33-13-23(28)29)9-6-16(17)10-18/h2-12H,13-14H2,1H3,(H,28,29)(H,30,31). The van der Waals surface area contributed by atoms with Gasteiger partial charge in [-0.05, 0) is 53.2 Å². The number of benzene rings is 3. The van der Waals surface area contributed by atoms with Gasteiger partial charge in [-0.15, -0.1) is 0 Å². The number of ether oxygens (including phenoxy) is 3. The van der Waals surface area contributed by atoms with Crippen LogP contribution in [0.15, 0.2) is 66.7 Å². The van der Waals surface area contributed by atoms with Crippen molar-refractivity contribution in [3.63, 3.8) is 0 Å². The number of nitrogens with zero attached hydrogens (tertiary/aromatic N) is 2. The predicted molar refractivity (Wildman–Crippen MR) is 123 cm³/mol. The van der Waals surface area contributed by atoms with Gasteiger partial charge in [0.25, 0.3) is 0 Å². The molecule has 0 bridgehead atoms. The molecular formula is C25H20N2O7. The Labute approximate surface area is 194 Å². The molecule has 1 aromatic heterocycles. The second kappa shape index (κ2) is 9.86. The largest absolute Gasteiger partial charge is 0.497 e. The molecule has 0 saturated carbocycles.